The summed E-state index contributed by atoms with van der Waals surface area (Å²) in [6, 6.07) is 9.71. The normalized spacial score (nSPS) is 21.6. The average molecular weight is 678 g/mol. The molecule has 5 unspecified atom stereocenters. The Bertz CT molecular complexity index is 1280. The van der Waals surface area contributed by atoms with Gasteiger partial charge in [-0.3, -0.25) is 9.36 Å². The van der Waals surface area contributed by atoms with Gasteiger partial charge in [0.05, 0.1) is 12.7 Å². The number of anilines is 1. The third-order valence-corrected chi connectivity index (χ3v) is 11.6. The van der Waals surface area contributed by atoms with Crippen molar-refractivity contribution in [2.75, 3.05) is 19.0 Å². The van der Waals surface area contributed by atoms with E-state index in [9.17, 15) is 9.59 Å². The molecule has 3 rings (SSSR count). The highest BCUT2D eigenvalue weighted by atomic mass is 33.1. The van der Waals surface area contributed by atoms with E-state index in [0.29, 0.717) is 13.0 Å². The Balaban J connectivity index is 0.00000236. The van der Waals surface area contributed by atoms with Crippen LogP contribution in [0.25, 0.3) is 0 Å². The first kappa shape index (κ1) is 35.3. The molecule has 1 aliphatic rings. The number of carbonyl (C=O) groups is 1. The van der Waals surface area contributed by atoms with E-state index in [0.717, 1.165) is 10.1 Å². The number of hydrogen-bond donors (Lipinski definition) is 2. The molecule has 5 atom stereocenters. The second kappa shape index (κ2) is 17.9. The molecule has 2 aromatic rings. The topological polar surface area (TPSA) is 115 Å². The fourth-order valence-electron chi connectivity index (χ4n) is 4.32. The second-order valence-electron chi connectivity index (χ2n) is 11.5. The number of carbonyl (C=O) groups excluding carboxylic acids is 1. The lowest BCUT2D eigenvalue weighted by Gasteiger charge is -2.37. The zero-order valence-electron chi connectivity index (χ0n) is 29.0. The van der Waals surface area contributed by atoms with Crippen LogP contribution in [-0.2, 0) is 25.0 Å². The molecule has 2 N–H and O–H groups in total. The summed E-state index contributed by atoms with van der Waals surface area (Å²) in [5.74, 6) is -0.322. The van der Waals surface area contributed by atoms with Gasteiger partial charge in [-0.05, 0) is 58.7 Å². The van der Waals surface area contributed by atoms with Crippen molar-refractivity contribution in [3.8, 4) is 0 Å². The van der Waals surface area contributed by atoms with Gasteiger partial charge in [-0.15, -0.1) is 0 Å². The number of rotatable bonds is 13. The van der Waals surface area contributed by atoms with Crippen LogP contribution < -0.4 is 11.0 Å². The SMILES string of the molecule is [2H]CC1OC(n2ccc(NC(C)=O)nc2=O)C(F)C1OP(OCCc1ccccc1SSC(C)(C)C)N(C(C)C)C(C)C.[3H]OC. The highest BCUT2D eigenvalue weighted by Gasteiger charge is 2.48. The van der Waals surface area contributed by atoms with Crippen LogP contribution in [0.1, 0.15) is 75.5 Å². The summed E-state index contributed by atoms with van der Waals surface area (Å²) < 4.78 is 51.6. The maximum absolute atomic E-state index is 16.1. The maximum atomic E-state index is 16.1. The number of benzene rings is 1. The van der Waals surface area contributed by atoms with Gasteiger partial charge in [0.25, 0.3) is 8.53 Å². The van der Waals surface area contributed by atoms with Crippen LogP contribution in [0, 0.1) is 0 Å². The molecule has 248 valence electrons. The molecule has 1 aliphatic heterocycles. The molecule has 0 saturated carbocycles. The Morgan fingerprint density at radius 3 is 2.55 bits per heavy atom. The first-order valence-electron chi connectivity index (χ1n) is 15.5. The van der Waals surface area contributed by atoms with Crippen LogP contribution in [0.4, 0.5) is 10.2 Å². The molecule has 0 aliphatic carbocycles. The molecule has 2 heterocycles. The molecule has 1 aromatic heterocycles. The Labute approximate surface area is 273 Å². The lowest BCUT2D eigenvalue weighted by atomic mass is 10.2. The van der Waals surface area contributed by atoms with Gasteiger partial charge in [-0.2, -0.15) is 4.98 Å². The monoisotopic (exact) mass is 677 g/mol. The van der Waals surface area contributed by atoms with Crippen molar-refractivity contribution < 1.29 is 29.4 Å². The van der Waals surface area contributed by atoms with E-state index in [2.05, 4.69) is 53.0 Å². The molecule has 44 heavy (non-hydrogen) atoms. The lowest BCUT2D eigenvalue weighted by Crippen LogP contribution is -2.38. The molecule has 14 heteroatoms. The molecular formula is C30H48FN4O6PS2. The fraction of sp³-hybridized carbons (Fsp3) is 0.633. The molecule has 0 bridgehead atoms. The number of alkyl halides is 1. The van der Waals surface area contributed by atoms with Crippen LogP contribution in [0.2, 0.25) is 0 Å². The van der Waals surface area contributed by atoms with E-state index >= 15 is 4.39 Å². The molecule has 0 radical (unpaired) electrons. The first-order valence-corrected chi connectivity index (χ1v) is 17.7. The van der Waals surface area contributed by atoms with Crippen LogP contribution in [0.5, 0.6) is 0 Å². The van der Waals surface area contributed by atoms with E-state index in [4.69, 9.17) is 16.6 Å². The van der Waals surface area contributed by atoms with Crippen molar-refractivity contribution in [2.24, 2.45) is 0 Å². The van der Waals surface area contributed by atoms with Crippen molar-refractivity contribution in [1.82, 2.24) is 14.2 Å². The highest BCUT2D eigenvalue weighted by molar-refractivity contribution is 8.77. The quantitative estimate of drug-likeness (QED) is 0.178. The minimum absolute atomic E-state index is 0.0379. The maximum Gasteiger partial charge on any atom is 0.351 e. The smallest absolute Gasteiger partial charge is 0.351 e. The fourth-order valence-corrected chi connectivity index (χ4v) is 8.35. The molecule has 1 aromatic carbocycles. The number of amides is 1. The van der Waals surface area contributed by atoms with Crippen molar-refractivity contribution in [3.63, 3.8) is 0 Å². The summed E-state index contributed by atoms with van der Waals surface area (Å²) in [4.78, 5) is 29.0. The summed E-state index contributed by atoms with van der Waals surface area (Å²) in [5, 5.41) is 5.94. The molecule has 1 saturated heterocycles. The van der Waals surface area contributed by atoms with E-state index in [1.54, 1.807) is 21.6 Å². The van der Waals surface area contributed by atoms with E-state index in [-0.39, 0.29) is 35.5 Å². The largest absolute Gasteiger partial charge is 0.400 e. The third kappa shape index (κ3) is 11.3. The summed E-state index contributed by atoms with van der Waals surface area (Å²) in [6.07, 6.45) is -3.19. The predicted octanol–water partition coefficient (Wildman–Crippen LogP) is 6.59. The Kier molecular flexibility index (Phi) is 14.4. The van der Waals surface area contributed by atoms with E-state index in [1.807, 2.05) is 39.8 Å². The van der Waals surface area contributed by atoms with Gasteiger partial charge in [0.2, 0.25) is 7.34 Å². The van der Waals surface area contributed by atoms with Gasteiger partial charge in [-0.25, -0.2) is 13.9 Å². The van der Waals surface area contributed by atoms with Crippen molar-refractivity contribution in [3.05, 3.63) is 52.6 Å². The van der Waals surface area contributed by atoms with E-state index < -0.39 is 38.8 Å². The summed E-state index contributed by atoms with van der Waals surface area (Å²) in [7, 11) is 3.10. The summed E-state index contributed by atoms with van der Waals surface area (Å²) in [5.41, 5.74) is 0.375. The minimum Gasteiger partial charge on any atom is -0.400 e. The standard InChI is InChI=1S/C29H44FN4O5PS2.CH4O/c1-18(2)34(19(3)4)40(37-17-15-22-12-10-11-13-23(22)41-42-29(7,8)9)39-26-20(5)38-27(25(26)30)33-16-14-24(31-21(6)35)32-28(33)36;1-2/h10-14,16,18-20,25-27H,15,17H2,1-9H3,(H,31,32,35,36);2H,1H3/i5D;2T. The molecule has 0 spiro atoms. The number of aromatic nitrogens is 2. The van der Waals surface area contributed by atoms with Crippen molar-refractivity contribution in [2.45, 2.75) is 115 Å². The second-order valence-corrected chi connectivity index (χ2v) is 15.9. The van der Waals surface area contributed by atoms with Gasteiger partial charge >= 0.3 is 5.69 Å². The van der Waals surface area contributed by atoms with Crippen LogP contribution in [-0.4, -0.2) is 75.6 Å². The van der Waals surface area contributed by atoms with Gasteiger partial charge < -0.3 is 24.2 Å². The number of aliphatic hydroxyl groups excluding tert-OH is 1. The lowest BCUT2D eigenvalue weighted by molar-refractivity contribution is -0.114. The number of aliphatic hydroxyl groups is 1. The molecule has 1 fully saturated rings. The van der Waals surface area contributed by atoms with Crippen molar-refractivity contribution >= 4 is 41.8 Å². The average Bonchev–Trinajstić information content (AvgIpc) is 3.26. The molecule has 10 nitrogen and oxygen atoms in total. The summed E-state index contributed by atoms with van der Waals surface area (Å²) in [6.45, 7) is 16.0. The van der Waals surface area contributed by atoms with Crippen molar-refractivity contribution in [1.29, 1.82) is 1.43 Å². The van der Waals surface area contributed by atoms with Crippen LogP contribution in [0.3, 0.4) is 0 Å². The van der Waals surface area contributed by atoms with Crippen LogP contribution in [0.15, 0.2) is 46.2 Å². The van der Waals surface area contributed by atoms with Gasteiger partial charge in [-0.1, -0.05) is 60.6 Å². The Morgan fingerprint density at radius 1 is 1.32 bits per heavy atom. The van der Waals surface area contributed by atoms with Gasteiger partial charge in [0.1, 0.15) is 11.9 Å². The highest BCUT2D eigenvalue weighted by Crippen LogP contribution is 2.50. The Hall–Kier alpha value is -1.57. The summed E-state index contributed by atoms with van der Waals surface area (Å²) >= 11 is 0. The third-order valence-electron chi connectivity index (χ3n) is 6.06. The number of ether oxygens (including phenoxy) is 1. The number of halogens is 1. The Morgan fingerprint density at radius 2 is 1.98 bits per heavy atom. The minimum atomic E-state index is -1.76. The zero-order valence-corrected chi connectivity index (χ0v) is 29.5. The first-order chi connectivity index (χ1) is 21.6. The predicted molar refractivity (Wildman–Crippen MR) is 179 cm³/mol. The molecule has 1 amide bonds. The van der Waals surface area contributed by atoms with E-state index in [1.165, 1.54) is 31.2 Å². The van der Waals surface area contributed by atoms with Gasteiger partial charge in [0.15, 0.2) is 12.4 Å². The van der Waals surface area contributed by atoms with Crippen LogP contribution >= 0.6 is 30.1 Å². The molecular weight excluding hydrogens is 626 g/mol. The number of nitrogens with one attached hydrogen (secondary N) is 1. The number of nitrogens with zero attached hydrogens (tertiary/aromatic N) is 3. The van der Waals surface area contributed by atoms with Gasteiger partial charge in [0, 0.05) is 43.3 Å². The number of hydrogen-bond acceptors (Lipinski definition) is 10. The zero-order chi connectivity index (χ0) is 34.6.